The number of halogens is 1. The molecule has 0 unspecified atom stereocenters. The first-order valence-corrected chi connectivity index (χ1v) is 13.8. The van der Waals surface area contributed by atoms with Gasteiger partial charge in [-0.25, -0.2) is 0 Å². The van der Waals surface area contributed by atoms with Crippen molar-refractivity contribution in [3.63, 3.8) is 0 Å². The summed E-state index contributed by atoms with van der Waals surface area (Å²) >= 11 is 3.18. The predicted octanol–water partition coefficient (Wildman–Crippen LogP) is 7.66. The first-order chi connectivity index (χ1) is 18.0. The van der Waals surface area contributed by atoms with Crippen LogP contribution in [0.15, 0.2) is 89.8 Å². The van der Waals surface area contributed by atoms with E-state index in [0.29, 0.717) is 29.6 Å². The second kappa shape index (κ2) is 11.4. The Hall–Kier alpha value is -3.30. The van der Waals surface area contributed by atoms with Crippen molar-refractivity contribution in [3.8, 4) is 11.5 Å². The quantitative estimate of drug-likeness (QED) is 0.149. The zero-order valence-corrected chi connectivity index (χ0v) is 23.1. The lowest BCUT2D eigenvalue weighted by molar-refractivity contribution is -0.123. The SMILES string of the molecule is CCOc1cc(/C=C2/SC(=O)N(Cc3cccc4ccccc34)C2=O)cc(I)c1OCc1ccccc1. The Balaban J connectivity index is 1.38. The number of benzene rings is 4. The molecule has 4 aromatic rings. The predicted molar refractivity (Wildman–Crippen MR) is 157 cm³/mol. The first kappa shape index (κ1) is 25.4. The van der Waals surface area contributed by atoms with E-state index in [-0.39, 0.29) is 17.7 Å². The number of imide groups is 1. The van der Waals surface area contributed by atoms with Crippen LogP contribution in [0.4, 0.5) is 4.79 Å². The second-order valence-electron chi connectivity index (χ2n) is 8.44. The summed E-state index contributed by atoms with van der Waals surface area (Å²) < 4.78 is 12.8. The number of thioether (sulfide) groups is 1. The maximum absolute atomic E-state index is 13.2. The van der Waals surface area contributed by atoms with Crippen LogP contribution in [0.3, 0.4) is 0 Å². The van der Waals surface area contributed by atoms with Gasteiger partial charge in [0.2, 0.25) is 0 Å². The molecule has 1 heterocycles. The summed E-state index contributed by atoms with van der Waals surface area (Å²) in [5.74, 6) is 0.972. The molecule has 4 aromatic carbocycles. The van der Waals surface area contributed by atoms with Crippen molar-refractivity contribution >= 4 is 62.3 Å². The highest BCUT2D eigenvalue weighted by Crippen LogP contribution is 2.38. The van der Waals surface area contributed by atoms with Gasteiger partial charge in [-0.2, -0.15) is 0 Å². The Morgan fingerprint density at radius 2 is 1.68 bits per heavy atom. The van der Waals surface area contributed by atoms with Crippen molar-refractivity contribution in [2.75, 3.05) is 6.61 Å². The molecule has 0 N–H and O–H groups in total. The van der Waals surface area contributed by atoms with E-state index in [9.17, 15) is 9.59 Å². The summed E-state index contributed by atoms with van der Waals surface area (Å²) in [6, 6.07) is 27.6. The van der Waals surface area contributed by atoms with Crippen LogP contribution in [0.2, 0.25) is 0 Å². The molecule has 1 fully saturated rings. The average molecular weight is 621 g/mol. The summed E-state index contributed by atoms with van der Waals surface area (Å²) in [4.78, 5) is 27.8. The molecular formula is C30H24INO4S. The third-order valence-corrected chi connectivity index (χ3v) is 7.65. The van der Waals surface area contributed by atoms with Gasteiger partial charge in [-0.15, -0.1) is 0 Å². The van der Waals surface area contributed by atoms with Gasteiger partial charge < -0.3 is 9.47 Å². The van der Waals surface area contributed by atoms with Crippen LogP contribution in [-0.4, -0.2) is 22.7 Å². The van der Waals surface area contributed by atoms with E-state index < -0.39 is 0 Å². The number of amides is 2. The summed E-state index contributed by atoms with van der Waals surface area (Å²) in [6.07, 6.45) is 1.75. The number of nitrogens with zero attached hydrogens (tertiary/aromatic N) is 1. The van der Waals surface area contributed by atoms with E-state index in [4.69, 9.17) is 9.47 Å². The van der Waals surface area contributed by atoms with Gasteiger partial charge in [-0.05, 0) is 86.9 Å². The summed E-state index contributed by atoms with van der Waals surface area (Å²) in [7, 11) is 0. The summed E-state index contributed by atoms with van der Waals surface area (Å²) in [5, 5.41) is 1.84. The molecule has 0 aromatic heterocycles. The van der Waals surface area contributed by atoms with E-state index >= 15 is 0 Å². The third kappa shape index (κ3) is 5.67. The number of hydrogen-bond acceptors (Lipinski definition) is 5. The minimum atomic E-state index is -0.291. The molecule has 5 nitrogen and oxygen atoms in total. The molecule has 0 bridgehead atoms. The Kier molecular flexibility index (Phi) is 7.81. The molecule has 0 saturated carbocycles. The van der Waals surface area contributed by atoms with Gasteiger partial charge in [-0.3, -0.25) is 14.5 Å². The lowest BCUT2D eigenvalue weighted by Gasteiger charge is -2.15. The highest BCUT2D eigenvalue weighted by Gasteiger charge is 2.35. The zero-order valence-electron chi connectivity index (χ0n) is 20.1. The number of ether oxygens (including phenoxy) is 2. The maximum Gasteiger partial charge on any atom is 0.293 e. The van der Waals surface area contributed by atoms with Gasteiger partial charge in [-0.1, -0.05) is 72.8 Å². The molecule has 1 aliphatic heterocycles. The highest BCUT2D eigenvalue weighted by molar-refractivity contribution is 14.1. The van der Waals surface area contributed by atoms with Crippen molar-refractivity contribution in [1.29, 1.82) is 0 Å². The van der Waals surface area contributed by atoms with Gasteiger partial charge in [0, 0.05) is 0 Å². The van der Waals surface area contributed by atoms with Crippen molar-refractivity contribution in [2.45, 2.75) is 20.1 Å². The molecule has 0 aliphatic carbocycles. The van der Waals surface area contributed by atoms with Crippen LogP contribution in [0.5, 0.6) is 11.5 Å². The van der Waals surface area contributed by atoms with Gasteiger partial charge in [0.25, 0.3) is 11.1 Å². The Labute approximate surface area is 233 Å². The van der Waals surface area contributed by atoms with Gasteiger partial charge in [0.15, 0.2) is 11.5 Å². The standard InChI is InChI=1S/C30H24INO4S/c1-2-35-26-16-21(15-25(31)28(26)36-19-20-9-4-3-5-10-20)17-27-29(33)32(30(34)37-27)18-23-13-8-12-22-11-6-7-14-24(22)23/h3-17H,2,18-19H2,1H3/b27-17+. The Bertz CT molecular complexity index is 1500. The van der Waals surface area contributed by atoms with Gasteiger partial charge >= 0.3 is 0 Å². The third-order valence-electron chi connectivity index (χ3n) is 5.94. The molecular weight excluding hydrogens is 597 g/mol. The van der Waals surface area contributed by atoms with E-state index in [1.165, 1.54) is 4.90 Å². The molecule has 1 aliphatic rings. The molecule has 5 rings (SSSR count). The fourth-order valence-electron chi connectivity index (χ4n) is 4.19. The summed E-state index contributed by atoms with van der Waals surface area (Å²) in [6.45, 7) is 3.04. The smallest absolute Gasteiger partial charge is 0.293 e. The number of hydrogen-bond donors (Lipinski definition) is 0. The van der Waals surface area contributed by atoms with E-state index in [0.717, 1.165) is 42.8 Å². The lowest BCUT2D eigenvalue weighted by Crippen LogP contribution is -2.27. The topological polar surface area (TPSA) is 55.8 Å². The van der Waals surface area contributed by atoms with Gasteiger partial charge in [0.1, 0.15) is 6.61 Å². The molecule has 37 heavy (non-hydrogen) atoms. The minimum Gasteiger partial charge on any atom is -0.490 e. The average Bonchev–Trinajstić information content (AvgIpc) is 3.16. The van der Waals surface area contributed by atoms with Crippen molar-refractivity contribution in [1.82, 2.24) is 4.90 Å². The van der Waals surface area contributed by atoms with Crippen LogP contribution in [-0.2, 0) is 17.9 Å². The molecule has 7 heteroatoms. The largest absolute Gasteiger partial charge is 0.490 e. The summed E-state index contributed by atoms with van der Waals surface area (Å²) in [5.41, 5.74) is 2.77. The first-order valence-electron chi connectivity index (χ1n) is 11.9. The number of carbonyl (C=O) groups excluding carboxylic acids is 2. The van der Waals surface area contributed by atoms with Crippen molar-refractivity contribution < 1.29 is 19.1 Å². The molecule has 0 radical (unpaired) electrons. The van der Waals surface area contributed by atoms with Gasteiger partial charge in [0.05, 0.1) is 21.6 Å². The van der Waals surface area contributed by atoms with Crippen LogP contribution in [0, 0.1) is 3.57 Å². The normalized spacial score (nSPS) is 14.5. The zero-order chi connectivity index (χ0) is 25.8. The Morgan fingerprint density at radius 3 is 2.49 bits per heavy atom. The number of fused-ring (bicyclic) bond motifs is 1. The maximum atomic E-state index is 13.2. The van der Waals surface area contributed by atoms with Crippen LogP contribution in [0.25, 0.3) is 16.8 Å². The fourth-order valence-corrected chi connectivity index (χ4v) is 5.81. The Morgan fingerprint density at radius 1 is 0.919 bits per heavy atom. The van der Waals surface area contributed by atoms with Crippen LogP contribution in [0.1, 0.15) is 23.6 Å². The van der Waals surface area contributed by atoms with Crippen LogP contribution >= 0.6 is 34.4 Å². The van der Waals surface area contributed by atoms with Crippen molar-refractivity contribution in [3.05, 3.63) is 110 Å². The molecule has 0 spiro atoms. The highest BCUT2D eigenvalue weighted by atomic mass is 127. The number of rotatable bonds is 8. The number of carbonyl (C=O) groups is 2. The lowest BCUT2D eigenvalue weighted by atomic mass is 10.0. The van der Waals surface area contributed by atoms with Crippen molar-refractivity contribution in [2.24, 2.45) is 0 Å². The van der Waals surface area contributed by atoms with Crippen LogP contribution < -0.4 is 9.47 Å². The molecule has 0 atom stereocenters. The minimum absolute atomic E-state index is 0.233. The monoisotopic (exact) mass is 621 g/mol. The van der Waals surface area contributed by atoms with E-state index in [1.54, 1.807) is 6.08 Å². The second-order valence-corrected chi connectivity index (χ2v) is 10.6. The molecule has 2 amide bonds. The molecule has 186 valence electrons. The van der Waals surface area contributed by atoms with E-state index in [2.05, 4.69) is 22.6 Å². The molecule has 1 saturated heterocycles. The fraction of sp³-hybridized carbons (Fsp3) is 0.133. The van der Waals surface area contributed by atoms with E-state index in [1.807, 2.05) is 91.9 Å².